The molecule has 0 aliphatic rings. The highest BCUT2D eigenvalue weighted by atomic mass is 16.3. The van der Waals surface area contributed by atoms with Gasteiger partial charge in [0.15, 0.2) is 11.6 Å². The monoisotopic (exact) mass is 303 g/mol. The van der Waals surface area contributed by atoms with Crippen LogP contribution in [0.2, 0.25) is 0 Å². The van der Waals surface area contributed by atoms with E-state index in [2.05, 4.69) is 21.9 Å². The van der Waals surface area contributed by atoms with Crippen molar-refractivity contribution in [2.75, 3.05) is 5.32 Å². The van der Waals surface area contributed by atoms with Crippen LogP contribution < -0.4 is 5.32 Å². The minimum atomic E-state index is 0.0316. The predicted molar refractivity (Wildman–Crippen MR) is 93.7 cm³/mol. The highest BCUT2D eigenvalue weighted by molar-refractivity contribution is 5.74. The van der Waals surface area contributed by atoms with Gasteiger partial charge in [0, 0.05) is 11.3 Å². The van der Waals surface area contributed by atoms with Crippen molar-refractivity contribution in [1.29, 1.82) is 0 Å². The summed E-state index contributed by atoms with van der Waals surface area (Å²) in [7, 11) is 0. The number of aromatic hydroxyl groups is 1. The summed E-state index contributed by atoms with van der Waals surface area (Å²) in [5, 5.41) is 13.6. The third kappa shape index (κ3) is 3.21. The van der Waals surface area contributed by atoms with E-state index in [0.29, 0.717) is 11.5 Å². The van der Waals surface area contributed by atoms with E-state index >= 15 is 0 Å². The summed E-state index contributed by atoms with van der Waals surface area (Å²) in [6.45, 7) is 5.75. The Bertz CT molecular complexity index is 824. The first kappa shape index (κ1) is 14.8. The van der Waals surface area contributed by atoms with Gasteiger partial charge in [0.2, 0.25) is 0 Å². The maximum absolute atomic E-state index is 10.5. The molecule has 0 saturated heterocycles. The lowest BCUT2D eigenvalue weighted by molar-refractivity contribution is 0.475. The molecule has 2 aromatic carbocycles. The van der Waals surface area contributed by atoms with Gasteiger partial charge in [0.1, 0.15) is 12.0 Å². The number of aromatic nitrogens is 2. The molecular weight excluding hydrogens is 286 g/mol. The third-order valence-electron chi connectivity index (χ3n) is 3.56. The second-order valence-electron chi connectivity index (χ2n) is 5.24. The van der Waals surface area contributed by atoms with Crippen LogP contribution in [-0.4, -0.2) is 15.1 Å². The standard InChI is InChI=1S/C19H17N3O/c1-3-14-6-10-16(11-7-14)22-19-18(23)17(20-12-21-19)15-8-4-13(2)5-9-15/h3-12,23H,1H2,2H3,(H,20,21,22). The first-order chi connectivity index (χ1) is 11.2. The van der Waals surface area contributed by atoms with E-state index in [1.807, 2.05) is 55.5 Å². The Hall–Kier alpha value is -3.14. The minimum Gasteiger partial charge on any atom is -0.503 e. The molecule has 1 heterocycles. The van der Waals surface area contributed by atoms with Gasteiger partial charge in [-0.1, -0.05) is 54.6 Å². The molecule has 0 amide bonds. The van der Waals surface area contributed by atoms with Gasteiger partial charge in [0.05, 0.1) is 0 Å². The Morgan fingerprint density at radius 3 is 2.35 bits per heavy atom. The Morgan fingerprint density at radius 2 is 1.70 bits per heavy atom. The fourth-order valence-corrected chi connectivity index (χ4v) is 2.23. The van der Waals surface area contributed by atoms with Crippen LogP contribution in [0.1, 0.15) is 11.1 Å². The van der Waals surface area contributed by atoms with Crippen LogP contribution in [0, 0.1) is 6.92 Å². The predicted octanol–water partition coefficient (Wildman–Crippen LogP) is 4.54. The fraction of sp³-hybridized carbons (Fsp3) is 0.0526. The van der Waals surface area contributed by atoms with Gasteiger partial charge in [0.25, 0.3) is 0 Å². The van der Waals surface area contributed by atoms with Crippen molar-refractivity contribution in [2.45, 2.75) is 6.92 Å². The molecule has 0 radical (unpaired) electrons. The molecule has 3 rings (SSSR count). The zero-order valence-corrected chi connectivity index (χ0v) is 12.8. The van der Waals surface area contributed by atoms with Gasteiger partial charge in [-0.15, -0.1) is 0 Å². The van der Waals surface area contributed by atoms with E-state index in [-0.39, 0.29) is 5.75 Å². The molecule has 23 heavy (non-hydrogen) atoms. The van der Waals surface area contributed by atoms with Crippen molar-refractivity contribution in [3.8, 4) is 17.0 Å². The van der Waals surface area contributed by atoms with Crippen molar-refractivity contribution in [1.82, 2.24) is 9.97 Å². The zero-order chi connectivity index (χ0) is 16.2. The molecule has 114 valence electrons. The van der Waals surface area contributed by atoms with E-state index in [1.54, 1.807) is 6.08 Å². The van der Waals surface area contributed by atoms with Crippen molar-refractivity contribution in [3.05, 3.63) is 72.6 Å². The largest absolute Gasteiger partial charge is 0.503 e. The van der Waals surface area contributed by atoms with Crippen LogP contribution in [0.15, 0.2) is 61.4 Å². The van der Waals surface area contributed by atoms with Gasteiger partial charge < -0.3 is 10.4 Å². The quantitative estimate of drug-likeness (QED) is 0.742. The Morgan fingerprint density at radius 1 is 1.00 bits per heavy atom. The summed E-state index contributed by atoms with van der Waals surface area (Å²) < 4.78 is 0. The number of rotatable bonds is 4. The van der Waals surface area contributed by atoms with Crippen molar-refractivity contribution < 1.29 is 5.11 Å². The first-order valence-corrected chi connectivity index (χ1v) is 7.28. The molecule has 0 aliphatic carbocycles. The number of benzene rings is 2. The first-order valence-electron chi connectivity index (χ1n) is 7.28. The normalized spacial score (nSPS) is 10.3. The number of aryl methyl sites for hydroxylation is 1. The van der Waals surface area contributed by atoms with Crippen LogP contribution in [0.25, 0.3) is 17.3 Å². The maximum Gasteiger partial charge on any atom is 0.185 e. The lowest BCUT2D eigenvalue weighted by Crippen LogP contribution is -1.97. The van der Waals surface area contributed by atoms with E-state index < -0.39 is 0 Å². The molecule has 0 aliphatic heterocycles. The van der Waals surface area contributed by atoms with E-state index in [1.165, 1.54) is 6.33 Å². The highest BCUT2D eigenvalue weighted by Crippen LogP contribution is 2.33. The smallest absolute Gasteiger partial charge is 0.185 e. The van der Waals surface area contributed by atoms with Crippen LogP contribution >= 0.6 is 0 Å². The molecule has 1 aromatic heterocycles. The lowest BCUT2D eigenvalue weighted by Gasteiger charge is -2.10. The Labute approximate surface area is 135 Å². The third-order valence-corrected chi connectivity index (χ3v) is 3.56. The molecule has 4 heteroatoms. The molecule has 0 unspecified atom stereocenters. The van der Waals surface area contributed by atoms with Crippen molar-refractivity contribution in [3.63, 3.8) is 0 Å². The van der Waals surface area contributed by atoms with Crippen LogP contribution in [0.5, 0.6) is 5.75 Å². The summed E-state index contributed by atoms with van der Waals surface area (Å²) in [6.07, 6.45) is 3.22. The van der Waals surface area contributed by atoms with E-state index in [9.17, 15) is 5.11 Å². The minimum absolute atomic E-state index is 0.0316. The maximum atomic E-state index is 10.5. The molecule has 2 N–H and O–H groups in total. The number of nitrogens with zero attached hydrogens (tertiary/aromatic N) is 2. The summed E-state index contributed by atoms with van der Waals surface area (Å²) in [4.78, 5) is 8.32. The van der Waals surface area contributed by atoms with E-state index in [0.717, 1.165) is 22.4 Å². The second kappa shape index (κ2) is 6.32. The Kier molecular flexibility index (Phi) is 4.06. The summed E-state index contributed by atoms with van der Waals surface area (Å²) in [5.41, 5.74) is 4.37. The number of hydrogen-bond donors (Lipinski definition) is 2. The lowest BCUT2D eigenvalue weighted by atomic mass is 10.1. The molecule has 0 fully saturated rings. The molecule has 0 saturated carbocycles. The molecule has 3 aromatic rings. The average molecular weight is 303 g/mol. The average Bonchev–Trinajstić information content (AvgIpc) is 2.58. The molecule has 0 spiro atoms. The summed E-state index contributed by atoms with van der Waals surface area (Å²) in [6, 6.07) is 15.5. The van der Waals surface area contributed by atoms with Crippen molar-refractivity contribution >= 4 is 17.6 Å². The van der Waals surface area contributed by atoms with Crippen LogP contribution in [0.3, 0.4) is 0 Å². The summed E-state index contributed by atoms with van der Waals surface area (Å²) in [5.74, 6) is 0.408. The SMILES string of the molecule is C=Cc1ccc(Nc2ncnc(-c3ccc(C)cc3)c2O)cc1. The van der Waals surface area contributed by atoms with Gasteiger partial charge in [-0.25, -0.2) is 9.97 Å². The van der Waals surface area contributed by atoms with Gasteiger partial charge in [-0.3, -0.25) is 0 Å². The fourth-order valence-electron chi connectivity index (χ4n) is 2.23. The highest BCUT2D eigenvalue weighted by Gasteiger charge is 2.12. The van der Waals surface area contributed by atoms with Gasteiger partial charge in [-0.05, 0) is 24.6 Å². The van der Waals surface area contributed by atoms with Crippen LogP contribution in [-0.2, 0) is 0 Å². The molecule has 0 atom stereocenters. The molecule has 0 bridgehead atoms. The molecule has 4 nitrogen and oxygen atoms in total. The second-order valence-corrected chi connectivity index (χ2v) is 5.24. The van der Waals surface area contributed by atoms with Crippen molar-refractivity contribution in [2.24, 2.45) is 0 Å². The summed E-state index contributed by atoms with van der Waals surface area (Å²) >= 11 is 0. The Balaban J connectivity index is 1.92. The zero-order valence-electron chi connectivity index (χ0n) is 12.8. The topological polar surface area (TPSA) is 58.0 Å². The molecular formula is C19H17N3O. The van der Waals surface area contributed by atoms with E-state index in [4.69, 9.17) is 0 Å². The number of nitrogens with one attached hydrogen (secondary N) is 1. The number of anilines is 2. The van der Waals surface area contributed by atoms with Gasteiger partial charge >= 0.3 is 0 Å². The van der Waals surface area contributed by atoms with Crippen LogP contribution in [0.4, 0.5) is 11.5 Å². The number of hydrogen-bond acceptors (Lipinski definition) is 4. The van der Waals surface area contributed by atoms with Gasteiger partial charge in [-0.2, -0.15) is 0 Å².